The van der Waals surface area contributed by atoms with E-state index in [1.165, 1.54) is 44.9 Å². The van der Waals surface area contributed by atoms with E-state index in [2.05, 4.69) is 48.5 Å². The molecule has 0 bridgehead atoms. The average Bonchev–Trinajstić information content (AvgIpc) is 2.73. The van der Waals surface area contributed by atoms with Gasteiger partial charge in [-0.3, -0.25) is 0 Å². The van der Waals surface area contributed by atoms with E-state index in [1.807, 2.05) is 0 Å². The summed E-state index contributed by atoms with van der Waals surface area (Å²) in [5.74, 6) is 4.79. The van der Waals surface area contributed by atoms with E-state index in [4.69, 9.17) is 0 Å². The second-order valence-electron chi connectivity index (χ2n) is 10.1. The first-order chi connectivity index (χ1) is 9.65. The molecule has 0 aliphatic heterocycles. The molecule has 0 spiro atoms. The molecule has 0 aromatic heterocycles. The molecule has 21 heavy (non-hydrogen) atoms. The fourth-order valence-corrected chi connectivity index (χ4v) is 5.79. The number of hydrogen-bond donors (Lipinski definition) is 0. The highest BCUT2D eigenvalue weighted by molar-refractivity contribution is 5.01. The van der Waals surface area contributed by atoms with Gasteiger partial charge in [0.15, 0.2) is 0 Å². The molecule has 0 N–H and O–H groups in total. The summed E-state index contributed by atoms with van der Waals surface area (Å²) in [6, 6.07) is 0. The molecule has 6 atom stereocenters. The van der Waals surface area contributed by atoms with Crippen LogP contribution in [-0.4, -0.2) is 0 Å². The smallest absolute Gasteiger partial charge is 0.0264 e. The Bertz CT molecular complexity index is 336. The second kappa shape index (κ2) is 6.25. The van der Waals surface area contributed by atoms with Gasteiger partial charge in [0.2, 0.25) is 0 Å². The Hall–Kier alpha value is 0. The van der Waals surface area contributed by atoms with Crippen molar-refractivity contribution in [2.75, 3.05) is 0 Å². The van der Waals surface area contributed by atoms with Crippen LogP contribution in [0.3, 0.4) is 0 Å². The highest BCUT2D eigenvalue weighted by atomic mass is 14.6. The Morgan fingerprint density at radius 2 is 1.76 bits per heavy atom. The lowest BCUT2D eigenvalue weighted by molar-refractivity contribution is 0.0227. The molecule has 2 fully saturated rings. The van der Waals surface area contributed by atoms with Gasteiger partial charge in [-0.05, 0) is 72.5 Å². The topological polar surface area (TPSA) is 0 Å². The van der Waals surface area contributed by atoms with Crippen LogP contribution in [0.2, 0.25) is 0 Å². The molecule has 2 rings (SSSR count). The average molecular weight is 293 g/mol. The number of fused-ring (bicyclic) bond motifs is 1. The van der Waals surface area contributed by atoms with E-state index in [0.717, 1.165) is 29.6 Å². The van der Waals surface area contributed by atoms with Gasteiger partial charge in [0.1, 0.15) is 0 Å². The second-order valence-corrected chi connectivity index (χ2v) is 10.1. The van der Waals surface area contributed by atoms with Crippen molar-refractivity contribution < 1.29 is 0 Å². The molecular weight excluding hydrogens is 252 g/mol. The van der Waals surface area contributed by atoms with E-state index in [-0.39, 0.29) is 0 Å². The summed E-state index contributed by atoms with van der Waals surface area (Å²) in [5.41, 5.74) is 1.16. The SMILES string of the molecule is CC(CCC(C)(C)C)[C@H](C)C1CCC2[C@@H](C)CCC[C@]12C. The first-order valence-electron chi connectivity index (χ1n) is 9.65. The quantitative estimate of drug-likeness (QED) is 0.526. The maximum absolute atomic E-state index is 2.65. The first kappa shape index (κ1) is 17.4. The lowest BCUT2D eigenvalue weighted by Gasteiger charge is -2.47. The van der Waals surface area contributed by atoms with Crippen LogP contribution < -0.4 is 0 Å². The fourth-order valence-electron chi connectivity index (χ4n) is 5.79. The van der Waals surface area contributed by atoms with Gasteiger partial charge in [-0.25, -0.2) is 0 Å². The molecule has 0 amide bonds. The minimum absolute atomic E-state index is 0.495. The Balaban J connectivity index is 2.00. The summed E-state index contributed by atoms with van der Waals surface area (Å²) in [6.07, 6.45) is 10.3. The molecule has 2 saturated carbocycles. The van der Waals surface area contributed by atoms with Gasteiger partial charge in [-0.15, -0.1) is 0 Å². The molecule has 124 valence electrons. The van der Waals surface area contributed by atoms with E-state index in [0.29, 0.717) is 10.8 Å². The molecule has 0 aromatic rings. The molecule has 0 nitrogen and oxygen atoms in total. The van der Waals surface area contributed by atoms with Crippen LogP contribution in [0.1, 0.15) is 93.4 Å². The van der Waals surface area contributed by atoms with Crippen molar-refractivity contribution in [3.8, 4) is 0 Å². The van der Waals surface area contributed by atoms with Gasteiger partial charge in [0.05, 0.1) is 0 Å². The van der Waals surface area contributed by atoms with E-state index in [1.54, 1.807) is 0 Å². The zero-order valence-corrected chi connectivity index (χ0v) is 15.8. The molecule has 2 aliphatic rings. The van der Waals surface area contributed by atoms with Crippen molar-refractivity contribution in [2.24, 2.45) is 40.4 Å². The predicted octanol–water partition coefficient (Wildman–Crippen LogP) is 6.94. The zero-order chi connectivity index (χ0) is 15.8. The molecule has 0 heteroatoms. The number of hydrogen-bond acceptors (Lipinski definition) is 0. The normalized spacial score (nSPS) is 39.9. The lowest BCUT2D eigenvalue weighted by Crippen LogP contribution is -2.39. The summed E-state index contributed by atoms with van der Waals surface area (Å²) in [5, 5.41) is 0. The Morgan fingerprint density at radius 3 is 2.38 bits per heavy atom. The van der Waals surface area contributed by atoms with Crippen molar-refractivity contribution in [3.05, 3.63) is 0 Å². The molecular formula is C21H40. The minimum Gasteiger partial charge on any atom is -0.0622 e. The summed E-state index contributed by atoms with van der Waals surface area (Å²) >= 11 is 0. The van der Waals surface area contributed by atoms with Crippen LogP contribution in [0.15, 0.2) is 0 Å². The van der Waals surface area contributed by atoms with Gasteiger partial charge in [-0.1, -0.05) is 61.3 Å². The molecule has 3 unspecified atom stereocenters. The van der Waals surface area contributed by atoms with Crippen molar-refractivity contribution in [1.82, 2.24) is 0 Å². The van der Waals surface area contributed by atoms with Crippen LogP contribution in [0.4, 0.5) is 0 Å². The van der Waals surface area contributed by atoms with Gasteiger partial charge >= 0.3 is 0 Å². The third-order valence-corrected chi connectivity index (χ3v) is 7.43. The molecule has 2 aliphatic carbocycles. The van der Waals surface area contributed by atoms with Crippen molar-refractivity contribution in [1.29, 1.82) is 0 Å². The van der Waals surface area contributed by atoms with Crippen LogP contribution in [0.5, 0.6) is 0 Å². The summed E-state index contributed by atoms with van der Waals surface area (Å²) in [4.78, 5) is 0. The van der Waals surface area contributed by atoms with Gasteiger partial charge in [0, 0.05) is 0 Å². The largest absolute Gasteiger partial charge is 0.0622 e. The van der Waals surface area contributed by atoms with Crippen LogP contribution in [0, 0.1) is 40.4 Å². The van der Waals surface area contributed by atoms with Gasteiger partial charge < -0.3 is 0 Å². The van der Waals surface area contributed by atoms with Gasteiger partial charge in [-0.2, -0.15) is 0 Å². The first-order valence-corrected chi connectivity index (χ1v) is 9.65. The van der Waals surface area contributed by atoms with Crippen LogP contribution in [-0.2, 0) is 0 Å². The fraction of sp³-hybridized carbons (Fsp3) is 1.00. The monoisotopic (exact) mass is 292 g/mol. The predicted molar refractivity (Wildman–Crippen MR) is 94.4 cm³/mol. The third kappa shape index (κ3) is 3.67. The zero-order valence-electron chi connectivity index (χ0n) is 15.8. The Morgan fingerprint density at radius 1 is 1.10 bits per heavy atom. The summed E-state index contributed by atoms with van der Waals surface area (Å²) < 4.78 is 0. The highest BCUT2D eigenvalue weighted by Gasteiger charge is 2.51. The molecule has 0 aromatic carbocycles. The van der Waals surface area contributed by atoms with Gasteiger partial charge in [0.25, 0.3) is 0 Å². The Labute approximate surface area is 134 Å². The number of rotatable bonds is 4. The van der Waals surface area contributed by atoms with Crippen molar-refractivity contribution in [2.45, 2.75) is 93.4 Å². The van der Waals surface area contributed by atoms with Crippen molar-refractivity contribution in [3.63, 3.8) is 0 Å². The minimum atomic E-state index is 0.495. The van der Waals surface area contributed by atoms with E-state index >= 15 is 0 Å². The summed E-state index contributed by atoms with van der Waals surface area (Å²) in [7, 11) is 0. The molecule has 0 heterocycles. The molecule has 0 radical (unpaired) electrons. The van der Waals surface area contributed by atoms with Crippen LogP contribution in [0.25, 0.3) is 0 Å². The lowest BCUT2D eigenvalue weighted by atomic mass is 9.58. The highest BCUT2D eigenvalue weighted by Crippen LogP contribution is 2.60. The third-order valence-electron chi connectivity index (χ3n) is 7.43. The van der Waals surface area contributed by atoms with Crippen molar-refractivity contribution >= 4 is 0 Å². The maximum atomic E-state index is 2.65. The Kier molecular flexibility index (Phi) is 5.16. The molecule has 0 saturated heterocycles. The van der Waals surface area contributed by atoms with E-state index in [9.17, 15) is 0 Å². The maximum Gasteiger partial charge on any atom is -0.0264 e. The standard InChI is InChI=1S/C21H40/c1-15(12-14-20(4,5)6)17(3)19-11-10-18-16(2)9-8-13-21(18,19)7/h15-19H,8-14H2,1-7H3/t15?,16-,17-,18?,19?,21-/m0/s1. The van der Waals surface area contributed by atoms with Crippen LogP contribution >= 0.6 is 0 Å². The summed E-state index contributed by atoms with van der Waals surface area (Å²) in [6.45, 7) is 17.4. The van der Waals surface area contributed by atoms with E-state index < -0.39 is 0 Å².